The van der Waals surface area contributed by atoms with Gasteiger partial charge in [-0.2, -0.15) is 0 Å². The summed E-state index contributed by atoms with van der Waals surface area (Å²) < 4.78 is 26.2. The number of halogens is 2. The number of ketones is 1. The number of carbonyl (C=O) groups excluding carboxylic acids is 1. The van der Waals surface area contributed by atoms with E-state index >= 15 is 0 Å². The molecule has 3 heteroatoms. The van der Waals surface area contributed by atoms with E-state index in [9.17, 15) is 13.6 Å². The van der Waals surface area contributed by atoms with E-state index in [-0.39, 0.29) is 24.0 Å². The van der Waals surface area contributed by atoms with Crippen LogP contribution in [-0.4, -0.2) is 5.78 Å². The lowest BCUT2D eigenvalue weighted by atomic mass is 10.0. The Bertz CT molecular complexity index is 616. The first kappa shape index (κ1) is 13.0. The third-order valence-electron chi connectivity index (χ3n) is 3.73. The fourth-order valence-corrected chi connectivity index (χ4v) is 2.66. The molecule has 2 unspecified atom stereocenters. The Morgan fingerprint density at radius 1 is 1.05 bits per heavy atom. The third-order valence-corrected chi connectivity index (χ3v) is 3.73. The van der Waals surface area contributed by atoms with Gasteiger partial charge in [0.15, 0.2) is 0 Å². The van der Waals surface area contributed by atoms with Crippen LogP contribution in [0.4, 0.5) is 8.78 Å². The molecule has 1 aliphatic carbocycles. The van der Waals surface area contributed by atoms with E-state index < -0.39 is 11.6 Å². The van der Waals surface area contributed by atoms with Gasteiger partial charge in [-0.3, -0.25) is 4.79 Å². The van der Waals surface area contributed by atoms with Crippen molar-refractivity contribution in [1.82, 2.24) is 0 Å². The van der Waals surface area contributed by atoms with Crippen LogP contribution in [-0.2, 0) is 11.2 Å². The Morgan fingerprint density at radius 3 is 2.35 bits per heavy atom. The van der Waals surface area contributed by atoms with Crippen LogP contribution in [0.2, 0.25) is 0 Å². The van der Waals surface area contributed by atoms with Crippen LogP contribution in [0.5, 0.6) is 0 Å². The minimum atomic E-state index is -0.636. The van der Waals surface area contributed by atoms with E-state index in [2.05, 4.69) is 0 Å². The van der Waals surface area contributed by atoms with Crippen LogP contribution in [0.1, 0.15) is 23.5 Å². The van der Waals surface area contributed by atoms with Crippen molar-refractivity contribution in [2.24, 2.45) is 5.92 Å². The molecule has 2 aromatic carbocycles. The molecule has 1 saturated carbocycles. The molecule has 1 aliphatic rings. The summed E-state index contributed by atoms with van der Waals surface area (Å²) >= 11 is 0. The quantitative estimate of drug-likeness (QED) is 0.825. The molecule has 0 aromatic heterocycles. The molecule has 3 rings (SSSR count). The summed E-state index contributed by atoms with van der Waals surface area (Å²) in [4.78, 5) is 12.1. The lowest BCUT2D eigenvalue weighted by molar-refractivity contribution is -0.119. The van der Waals surface area contributed by atoms with Crippen molar-refractivity contribution >= 4 is 5.78 Å². The van der Waals surface area contributed by atoms with Gasteiger partial charge in [0.05, 0.1) is 0 Å². The highest BCUT2D eigenvalue weighted by Gasteiger charge is 2.43. The highest BCUT2D eigenvalue weighted by Crippen LogP contribution is 2.48. The average Bonchev–Trinajstić information content (AvgIpc) is 3.18. The molecule has 0 aliphatic heterocycles. The predicted molar refractivity (Wildman–Crippen MR) is 72.4 cm³/mol. The number of benzene rings is 2. The zero-order chi connectivity index (χ0) is 14.1. The number of hydrogen-bond acceptors (Lipinski definition) is 1. The number of rotatable bonds is 4. The number of hydrogen-bond donors (Lipinski definition) is 0. The van der Waals surface area contributed by atoms with Crippen LogP contribution in [0.25, 0.3) is 0 Å². The van der Waals surface area contributed by atoms with Gasteiger partial charge in [-0.05, 0) is 35.6 Å². The van der Waals surface area contributed by atoms with Crippen molar-refractivity contribution in [3.05, 3.63) is 71.3 Å². The van der Waals surface area contributed by atoms with E-state index in [4.69, 9.17) is 0 Å². The zero-order valence-corrected chi connectivity index (χ0v) is 10.9. The largest absolute Gasteiger partial charge is 0.299 e. The topological polar surface area (TPSA) is 17.1 Å². The SMILES string of the molecule is O=C(Cc1cc(F)cc(F)c1)C1CC1c1ccccc1. The van der Waals surface area contributed by atoms with Gasteiger partial charge in [-0.15, -0.1) is 0 Å². The first-order chi connectivity index (χ1) is 9.63. The van der Waals surface area contributed by atoms with E-state index in [1.54, 1.807) is 0 Å². The molecule has 0 radical (unpaired) electrons. The Balaban J connectivity index is 1.67. The van der Waals surface area contributed by atoms with Gasteiger partial charge in [0.1, 0.15) is 17.4 Å². The lowest BCUT2D eigenvalue weighted by Gasteiger charge is -2.02. The summed E-state index contributed by atoms with van der Waals surface area (Å²) in [6.45, 7) is 0. The van der Waals surface area contributed by atoms with Gasteiger partial charge in [-0.25, -0.2) is 8.78 Å². The van der Waals surface area contributed by atoms with Gasteiger partial charge in [0.2, 0.25) is 0 Å². The fraction of sp³-hybridized carbons (Fsp3) is 0.235. The van der Waals surface area contributed by atoms with Crippen LogP contribution in [0.3, 0.4) is 0 Å². The summed E-state index contributed by atoms with van der Waals surface area (Å²) in [6, 6.07) is 13.1. The molecule has 0 N–H and O–H groups in total. The summed E-state index contributed by atoms with van der Waals surface area (Å²) in [7, 11) is 0. The van der Waals surface area contributed by atoms with E-state index in [0.29, 0.717) is 5.56 Å². The van der Waals surface area contributed by atoms with Crippen molar-refractivity contribution in [2.45, 2.75) is 18.8 Å². The summed E-state index contributed by atoms with van der Waals surface area (Å²) in [5, 5.41) is 0. The van der Waals surface area contributed by atoms with Crippen LogP contribution in [0.15, 0.2) is 48.5 Å². The molecule has 1 nitrogen and oxygen atoms in total. The molecule has 20 heavy (non-hydrogen) atoms. The van der Waals surface area contributed by atoms with Crippen molar-refractivity contribution in [2.75, 3.05) is 0 Å². The highest BCUT2D eigenvalue weighted by atomic mass is 19.1. The van der Waals surface area contributed by atoms with Gasteiger partial charge in [0, 0.05) is 18.4 Å². The van der Waals surface area contributed by atoms with Crippen molar-refractivity contribution in [3.63, 3.8) is 0 Å². The van der Waals surface area contributed by atoms with Crippen LogP contribution in [0, 0.1) is 17.6 Å². The average molecular weight is 272 g/mol. The first-order valence-corrected chi connectivity index (χ1v) is 6.66. The van der Waals surface area contributed by atoms with Crippen LogP contribution < -0.4 is 0 Å². The second-order valence-corrected chi connectivity index (χ2v) is 5.28. The summed E-state index contributed by atoms with van der Waals surface area (Å²) in [5.74, 6) is -0.957. The molecule has 0 amide bonds. The third kappa shape index (κ3) is 2.77. The van der Waals surface area contributed by atoms with E-state index in [0.717, 1.165) is 18.1 Å². The molecule has 0 bridgehead atoms. The molecule has 0 spiro atoms. The van der Waals surface area contributed by atoms with Crippen LogP contribution >= 0.6 is 0 Å². The maximum atomic E-state index is 13.1. The molecule has 2 aromatic rings. The fourth-order valence-electron chi connectivity index (χ4n) is 2.66. The van der Waals surface area contributed by atoms with Gasteiger partial charge < -0.3 is 0 Å². The second kappa shape index (κ2) is 5.16. The van der Waals surface area contributed by atoms with E-state index in [1.807, 2.05) is 30.3 Å². The van der Waals surface area contributed by atoms with Crippen molar-refractivity contribution < 1.29 is 13.6 Å². The number of carbonyl (C=O) groups is 1. The maximum Gasteiger partial charge on any atom is 0.140 e. The Kier molecular flexibility index (Phi) is 3.35. The molecule has 0 saturated heterocycles. The Hall–Kier alpha value is -2.03. The normalized spacial score (nSPS) is 20.7. The highest BCUT2D eigenvalue weighted by molar-refractivity contribution is 5.86. The molecular weight excluding hydrogens is 258 g/mol. The first-order valence-electron chi connectivity index (χ1n) is 6.66. The predicted octanol–water partition coefficient (Wildman–Crippen LogP) is 3.88. The second-order valence-electron chi connectivity index (χ2n) is 5.28. The monoisotopic (exact) mass is 272 g/mol. The molecule has 2 atom stereocenters. The number of Topliss-reactive ketones (excluding diaryl/α,β-unsaturated/α-hetero) is 1. The van der Waals surface area contributed by atoms with Gasteiger partial charge >= 0.3 is 0 Å². The molecule has 0 heterocycles. The summed E-state index contributed by atoms with van der Waals surface area (Å²) in [6.07, 6.45) is 0.934. The Morgan fingerprint density at radius 2 is 1.70 bits per heavy atom. The zero-order valence-electron chi connectivity index (χ0n) is 10.9. The van der Waals surface area contributed by atoms with Gasteiger partial charge in [0.25, 0.3) is 0 Å². The smallest absolute Gasteiger partial charge is 0.140 e. The lowest BCUT2D eigenvalue weighted by Crippen LogP contribution is -2.07. The molecule has 102 valence electrons. The molecular formula is C17H14F2O. The Labute approximate surface area is 116 Å². The van der Waals surface area contributed by atoms with Crippen molar-refractivity contribution in [3.8, 4) is 0 Å². The minimum absolute atomic E-state index is 0.0104. The van der Waals surface area contributed by atoms with Crippen molar-refractivity contribution in [1.29, 1.82) is 0 Å². The minimum Gasteiger partial charge on any atom is -0.299 e. The maximum absolute atomic E-state index is 13.1. The van der Waals surface area contributed by atoms with Gasteiger partial charge in [-0.1, -0.05) is 30.3 Å². The standard InChI is InChI=1S/C17H14F2O/c18-13-6-11(7-14(19)9-13)8-17(20)16-10-15(16)12-4-2-1-3-5-12/h1-7,9,15-16H,8,10H2. The summed E-state index contributed by atoms with van der Waals surface area (Å²) in [5.41, 5.74) is 1.57. The molecule has 1 fully saturated rings. The van der Waals surface area contributed by atoms with E-state index in [1.165, 1.54) is 12.1 Å².